The van der Waals surface area contributed by atoms with E-state index in [1.807, 2.05) is 74.5 Å². The highest BCUT2D eigenvalue weighted by Crippen LogP contribution is 2.42. The Kier molecular flexibility index (Phi) is 7.26. The third-order valence-electron chi connectivity index (χ3n) is 5.40. The van der Waals surface area contributed by atoms with Crippen LogP contribution in [0.25, 0.3) is 0 Å². The molecule has 0 saturated heterocycles. The van der Waals surface area contributed by atoms with Crippen LogP contribution in [0.1, 0.15) is 30.9 Å². The van der Waals surface area contributed by atoms with Gasteiger partial charge in [-0.1, -0.05) is 60.7 Å². The number of nitrogens with zero attached hydrogens (tertiary/aromatic N) is 1. The first-order valence-electron chi connectivity index (χ1n) is 10.0. The second-order valence-electron chi connectivity index (χ2n) is 7.24. The molecule has 31 heavy (non-hydrogen) atoms. The van der Waals surface area contributed by atoms with E-state index in [1.165, 1.54) is 7.11 Å². The van der Waals surface area contributed by atoms with Gasteiger partial charge in [0.25, 0.3) is 0 Å². The van der Waals surface area contributed by atoms with E-state index in [0.29, 0.717) is 22.5 Å². The van der Waals surface area contributed by atoms with E-state index in [-0.39, 0.29) is 13.3 Å². The topological polar surface area (TPSA) is 65.1 Å². The van der Waals surface area contributed by atoms with Crippen LogP contribution >= 0.6 is 0 Å². The molecule has 0 amide bonds. The molecule has 0 aromatic heterocycles. The minimum absolute atomic E-state index is 0.137. The van der Waals surface area contributed by atoms with Crippen LogP contribution in [-0.4, -0.2) is 37.8 Å². The van der Waals surface area contributed by atoms with Crippen molar-refractivity contribution in [1.82, 2.24) is 4.90 Å². The lowest BCUT2D eigenvalue weighted by Crippen LogP contribution is -2.36. The molecular weight excluding hydrogens is 394 g/mol. The van der Waals surface area contributed by atoms with Crippen LogP contribution in [0.2, 0.25) is 0 Å². The molecule has 1 heterocycles. The Balaban J connectivity index is 2.08. The van der Waals surface area contributed by atoms with Crippen LogP contribution in [-0.2, 0) is 30.4 Å². The van der Waals surface area contributed by atoms with Gasteiger partial charge in [0.1, 0.15) is 13.3 Å². The summed E-state index contributed by atoms with van der Waals surface area (Å²) in [5.41, 5.74) is 3.84. The molecule has 1 aliphatic heterocycles. The smallest absolute Gasteiger partial charge is 0.337 e. The summed E-state index contributed by atoms with van der Waals surface area (Å²) in [7, 11) is 2.90. The first kappa shape index (κ1) is 22.3. The predicted molar refractivity (Wildman–Crippen MR) is 117 cm³/mol. The predicted octanol–water partition coefficient (Wildman–Crippen LogP) is 4.15. The summed E-state index contributed by atoms with van der Waals surface area (Å²) in [5.74, 6) is -1.58. The standard InChI is InChI=1S/C25H27NO5/c1-17-21(24(27)30-4)23(20-13-9-6-10-14-20)22(18(2)26(17)16-29-3)25(28)31-15-19-11-7-5-8-12-19/h5-14,23H,15-16H2,1-4H3. The van der Waals surface area contributed by atoms with Gasteiger partial charge in [0.2, 0.25) is 0 Å². The van der Waals surface area contributed by atoms with Crippen molar-refractivity contribution in [1.29, 1.82) is 0 Å². The summed E-state index contributed by atoms with van der Waals surface area (Å²) in [4.78, 5) is 28.0. The van der Waals surface area contributed by atoms with Gasteiger partial charge in [-0.25, -0.2) is 9.59 Å². The molecular formula is C25H27NO5. The average Bonchev–Trinajstić information content (AvgIpc) is 2.80. The van der Waals surface area contributed by atoms with Crippen molar-refractivity contribution in [2.24, 2.45) is 0 Å². The minimum Gasteiger partial charge on any atom is -0.466 e. The van der Waals surface area contributed by atoms with Gasteiger partial charge in [-0.15, -0.1) is 0 Å². The lowest BCUT2D eigenvalue weighted by Gasteiger charge is -2.37. The van der Waals surface area contributed by atoms with E-state index in [4.69, 9.17) is 14.2 Å². The molecule has 0 bridgehead atoms. The minimum atomic E-state index is -0.606. The molecule has 2 aromatic rings. The van der Waals surface area contributed by atoms with Crippen LogP contribution in [0.15, 0.2) is 83.2 Å². The van der Waals surface area contributed by atoms with E-state index >= 15 is 0 Å². The maximum Gasteiger partial charge on any atom is 0.337 e. The Morgan fingerprint density at radius 2 is 1.39 bits per heavy atom. The van der Waals surface area contributed by atoms with Crippen LogP contribution in [0.5, 0.6) is 0 Å². The molecule has 0 saturated carbocycles. The van der Waals surface area contributed by atoms with Crippen molar-refractivity contribution in [2.75, 3.05) is 21.0 Å². The van der Waals surface area contributed by atoms with Gasteiger partial charge in [0.05, 0.1) is 24.2 Å². The van der Waals surface area contributed by atoms with Crippen molar-refractivity contribution in [3.63, 3.8) is 0 Å². The molecule has 1 unspecified atom stereocenters. The fourth-order valence-corrected chi connectivity index (χ4v) is 3.85. The van der Waals surface area contributed by atoms with Gasteiger partial charge >= 0.3 is 11.9 Å². The third kappa shape index (κ3) is 4.70. The van der Waals surface area contributed by atoms with Gasteiger partial charge in [-0.3, -0.25) is 0 Å². The van der Waals surface area contributed by atoms with Crippen LogP contribution in [0.4, 0.5) is 0 Å². The van der Waals surface area contributed by atoms with Crippen molar-refractivity contribution in [3.05, 3.63) is 94.3 Å². The number of rotatable bonds is 7. The van der Waals surface area contributed by atoms with Crippen molar-refractivity contribution >= 4 is 11.9 Å². The molecule has 1 atom stereocenters. The number of benzene rings is 2. The van der Waals surface area contributed by atoms with Crippen molar-refractivity contribution < 1.29 is 23.8 Å². The number of carbonyl (C=O) groups excluding carboxylic acids is 2. The first-order chi connectivity index (χ1) is 15.0. The van der Waals surface area contributed by atoms with E-state index < -0.39 is 17.9 Å². The Labute approximate surface area is 182 Å². The Bertz CT molecular complexity index is 995. The summed E-state index contributed by atoms with van der Waals surface area (Å²) in [6.45, 7) is 4.00. The highest BCUT2D eigenvalue weighted by molar-refractivity contribution is 5.99. The van der Waals surface area contributed by atoms with E-state index in [2.05, 4.69) is 0 Å². The SMILES string of the molecule is COCN1C(C)=C(C(=O)OC)C(c2ccccc2)C(C(=O)OCc2ccccc2)=C1C. The Morgan fingerprint density at radius 1 is 0.839 bits per heavy atom. The number of methoxy groups -OCH3 is 2. The van der Waals surface area contributed by atoms with Crippen LogP contribution in [0, 0.1) is 0 Å². The molecule has 0 aliphatic carbocycles. The monoisotopic (exact) mass is 421 g/mol. The maximum atomic E-state index is 13.4. The highest BCUT2D eigenvalue weighted by atomic mass is 16.5. The zero-order chi connectivity index (χ0) is 22.4. The summed E-state index contributed by atoms with van der Waals surface area (Å²) in [6.07, 6.45) is 0. The molecule has 6 heteroatoms. The molecule has 0 spiro atoms. The fraction of sp³-hybridized carbons (Fsp3) is 0.280. The number of hydrogen-bond donors (Lipinski definition) is 0. The van der Waals surface area contributed by atoms with Gasteiger partial charge in [0.15, 0.2) is 0 Å². The molecule has 0 radical (unpaired) electrons. The Morgan fingerprint density at radius 3 is 1.94 bits per heavy atom. The first-order valence-corrected chi connectivity index (χ1v) is 10.0. The second-order valence-corrected chi connectivity index (χ2v) is 7.24. The quantitative estimate of drug-likeness (QED) is 0.626. The van der Waals surface area contributed by atoms with Gasteiger partial charge in [-0.05, 0) is 25.0 Å². The number of ether oxygens (including phenoxy) is 3. The lowest BCUT2D eigenvalue weighted by molar-refractivity contribution is -0.141. The van der Waals surface area contributed by atoms with Gasteiger partial charge in [0, 0.05) is 18.5 Å². The number of carbonyl (C=O) groups is 2. The molecule has 0 fully saturated rings. The highest BCUT2D eigenvalue weighted by Gasteiger charge is 2.40. The van der Waals surface area contributed by atoms with Crippen molar-refractivity contribution in [2.45, 2.75) is 26.4 Å². The van der Waals surface area contributed by atoms with E-state index in [0.717, 1.165) is 11.1 Å². The fourth-order valence-electron chi connectivity index (χ4n) is 3.85. The van der Waals surface area contributed by atoms with Crippen LogP contribution < -0.4 is 0 Å². The summed E-state index contributed by atoms with van der Waals surface area (Å²) in [6, 6.07) is 18.9. The summed E-state index contributed by atoms with van der Waals surface area (Å²) in [5, 5.41) is 0. The average molecular weight is 421 g/mol. The number of allylic oxidation sites excluding steroid dienone is 2. The summed E-state index contributed by atoms with van der Waals surface area (Å²) >= 11 is 0. The van der Waals surface area contributed by atoms with Gasteiger partial charge < -0.3 is 19.1 Å². The molecule has 162 valence electrons. The molecule has 1 aliphatic rings. The molecule has 2 aromatic carbocycles. The molecule has 6 nitrogen and oxygen atoms in total. The zero-order valence-corrected chi connectivity index (χ0v) is 18.3. The lowest BCUT2D eigenvalue weighted by atomic mass is 9.80. The zero-order valence-electron chi connectivity index (χ0n) is 18.3. The van der Waals surface area contributed by atoms with Crippen LogP contribution in [0.3, 0.4) is 0 Å². The van der Waals surface area contributed by atoms with E-state index in [1.54, 1.807) is 12.0 Å². The second kappa shape index (κ2) is 10.1. The normalized spacial score (nSPS) is 16.4. The third-order valence-corrected chi connectivity index (χ3v) is 5.40. The maximum absolute atomic E-state index is 13.4. The molecule has 3 rings (SSSR count). The number of hydrogen-bond acceptors (Lipinski definition) is 6. The molecule has 0 N–H and O–H groups in total. The van der Waals surface area contributed by atoms with Gasteiger partial charge in [-0.2, -0.15) is 0 Å². The van der Waals surface area contributed by atoms with E-state index in [9.17, 15) is 9.59 Å². The Hall–Kier alpha value is -3.38. The largest absolute Gasteiger partial charge is 0.466 e. The number of esters is 2. The summed E-state index contributed by atoms with van der Waals surface area (Å²) < 4.78 is 16.1. The van der Waals surface area contributed by atoms with Crippen molar-refractivity contribution in [3.8, 4) is 0 Å².